The van der Waals surface area contributed by atoms with Crippen LogP contribution in [0.3, 0.4) is 0 Å². The van der Waals surface area contributed by atoms with Crippen molar-refractivity contribution in [2.24, 2.45) is 27.2 Å². The molecule has 10 nitrogen and oxygen atoms in total. The molecule has 1 aromatic heterocycles. The number of nitriles is 1. The van der Waals surface area contributed by atoms with Gasteiger partial charge in [0.1, 0.15) is 0 Å². The third-order valence-corrected chi connectivity index (χ3v) is 3.86. The third-order valence-electron chi connectivity index (χ3n) is 2.28. The van der Waals surface area contributed by atoms with E-state index in [0.29, 0.717) is 35.6 Å². The van der Waals surface area contributed by atoms with E-state index < -0.39 is 0 Å². The highest BCUT2D eigenvalue weighted by molar-refractivity contribution is 7.98. The lowest BCUT2D eigenvalue weighted by Gasteiger charge is -2.21. The molecule has 0 radical (unpaired) electrons. The van der Waals surface area contributed by atoms with Crippen LogP contribution in [-0.4, -0.2) is 56.7 Å². The first-order valence-electron chi connectivity index (χ1n) is 6.14. The van der Waals surface area contributed by atoms with Gasteiger partial charge in [0.25, 0.3) is 0 Å². The molecular weight excluding hydrogens is 326 g/mol. The van der Waals surface area contributed by atoms with E-state index in [2.05, 4.69) is 19.3 Å². The molecule has 12 heteroatoms. The molecule has 0 amide bonds. The minimum Gasteiger partial charge on any atom is -0.395 e. The van der Waals surface area contributed by atoms with E-state index in [0.717, 1.165) is 11.5 Å². The monoisotopic (exact) mass is 343 g/mol. The molecule has 0 atom stereocenters. The van der Waals surface area contributed by atoms with Gasteiger partial charge in [0.15, 0.2) is 11.8 Å². The summed E-state index contributed by atoms with van der Waals surface area (Å²) in [6.07, 6.45) is 1.62. The summed E-state index contributed by atoms with van der Waals surface area (Å²) in [6.45, 7) is 0.802. The molecule has 0 saturated heterocycles. The van der Waals surface area contributed by atoms with Gasteiger partial charge in [0.05, 0.1) is 12.4 Å². The lowest BCUT2D eigenvalue weighted by Crippen LogP contribution is -2.40. The Morgan fingerprint density at radius 2 is 2.18 bits per heavy atom. The Bertz CT molecular complexity index is 561. The van der Waals surface area contributed by atoms with Crippen LogP contribution in [0.15, 0.2) is 9.98 Å². The van der Waals surface area contributed by atoms with E-state index in [4.69, 9.17) is 27.6 Å². The van der Waals surface area contributed by atoms with Crippen molar-refractivity contribution in [1.82, 2.24) is 14.3 Å². The highest BCUT2D eigenvalue weighted by Gasteiger charge is 2.08. The number of nitrogens with zero attached hydrogens (tertiary/aromatic N) is 6. The van der Waals surface area contributed by atoms with Gasteiger partial charge in [-0.25, -0.2) is 4.98 Å². The van der Waals surface area contributed by atoms with Crippen LogP contribution in [0.2, 0.25) is 0 Å². The summed E-state index contributed by atoms with van der Waals surface area (Å²) in [5.74, 6) is 1.99. The highest BCUT2D eigenvalue weighted by Crippen LogP contribution is 2.18. The molecule has 0 aromatic carbocycles. The van der Waals surface area contributed by atoms with Gasteiger partial charge in [-0.2, -0.15) is 26.4 Å². The first-order chi connectivity index (χ1) is 10.6. The van der Waals surface area contributed by atoms with Crippen molar-refractivity contribution < 1.29 is 5.11 Å². The number of aliphatic hydroxyl groups excluding tert-OH is 1. The zero-order valence-corrected chi connectivity index (χ0v) is 13.3. The second-order valence-corrected chi connectivity index (χ2v) is 5.70. The second kappa shape index (κ2) is 9.77. The Hall–Kier alpha value is -2.10. The second-order valence-electron chi connectivity index (χ2n) is 3.86. The summed E-state index contributed by atoms with van der Waals surface area (Å²) < 4.78 is 4.13. The molecule has 0 fully saturated rings. The van der Waals surface area contributed by atoms with Gasteiger partial charge in [-0.3, -0.25) is 0 Å². The average Bonchev–Trinajstić information content (AvgIpc) is 2.89. The minimum atomic E-state index is -0.0676. The van der Waals surface area contributed by atoms with E-state index in [-0.39, 0.29) is 18.5 Å². The summed E-state index contributed by atoms with van der Waals surface area (Å²) in [6, 6.07) is 0. The van der Waals surface area contributed by atoms with Gasteiger partial charge >= 0.3 is 0 Å². The predicted molar refractivity (Wildman–Crippen MR) is 87.4 cm³/mol. The van der Waals surface area contributed by atoms with Crippen molar-refractivity contribution in [1.29, 1.82) is 5.26 Å². The largest absolute Gasteiger partial charge is 0.395 e. The maximum absolute atomic E-state index is 8.97. The molecule has 0 unspecified atom stereocenters. The van der Waals surface area contributed by atoms with E-state index in [1.807, 2.05) is 0 Å². The summed E-state index contributed by atoms with van der Waals surface area (Å²) in [5.41, 5.74) is 16.1. The summed E-state index contributed by atoms with van der Waals surface area (Å²) >= 11 is 2.70. The zero-order chi connectivity index (χ0) is 16.4. The van der Waals surface area contributed by atoms with E-state index in [1.165, 1.54) is 0 Å². The van der Waals surface area contributed by atoms with Crippen LogP contribution in [0, 0.1) is 11.5 Å². The van der Waals surface area contributed by atoms with Crippen LogP contribution in [0.4, 0.5) is 5.13 Å². The molecule has 0 spiro atoms. The van der Waals surface area contributed by atoms with E-state index >= 15 is 0 Å². The number of aliphatic imine (C=N–C) groups is 2. The van der Waals surface area contributed by atoms with Crippen LogP contribution in [-0.2, 0) is 5.75 Å². The van der Waals surface area contributed by atoms with Crippen molar-refractivity contribution >= 4 is 40.3 Å². The van der Waals surface area contributed by atoms with Crippen LogP contribution in [0.5, 0.6) is 0 Å². The number of hydrogen-bond acceptors (Lipinski definition) is 8. The number of aliphatic hydroxyl groups is 1. The van der Waals surface area contributed by atoms with Crippen molar-refractivity contribution in [3.05, 3.63) is 5.82 Å². The topological polar surface area (TPSA) is 176 Å². The molecule has 0 aliphatic carbocycles. The molecule has 1 rings (SSSR count). The number of hydrogen-bond donors (Lipinski definition) is 4. The van der Waals surface area contributed by atoms with Crippen LogP contribution >= 0.6 is 23.3 Å². The number of aromatic nitrogens is 2. The molecule has 1 aromatic rings. The molecular formula is C10H17N9OS2. The average molecular weight is 343 g/mol. The Balaban J connectivity index is 2.40. The van der Waals surface area contributed by atoms with Gasteiger partial charge in [-0.05, 0) is 0 Å². The SMILES string of the molecule is N#CN=C(N)N(CCO)CCSCc1nsc(N=C(N)N)n1. The Labute approximate surface area is 135 Å². The summed E-state index contributed by atoms with van der Waals surface area (Å²) in [5, 5.41) is 17.9. The minimum absolute atomic E-state index is 0.0535. The van der Waals surface area contributed by atoms with Gasteiger partial charge in [-0.15, -0.1) is 4.99 Å². The first kappa shape index (κ1) is 18.0. The fourth-order valence-electron chi connectivity index (χ4n) is 1.38. The molecule has 120 valence electrons. The number of thioether (sulfide) groups is 1. The molecule has 7 N–H and O–H groups in total. The van der Waals surface area contributed by atoms with Gasteiger partial charge < -0.3 is 27.2 Å². The van der Waals surface area contributed by atoms with Gasteiger partial charge in [-0.1, -0.05) is 0 Å². The molecule has 1 heterocycles. The molecule has 22 heavy (non-hydrogen) atoms. The summed E-state index contributed by atoms with van der Waals surface area (Å²) in [4.78, 5) is 13.1. The van der Waals surface area contributed by atoms with Crippen LogP contribution < -0.4 is 17.2 Å². The van der Waals surface area contributed by atoms with E-state index in [9.17, 15) is 0 Å². The van der Waals surface area contributed by atoms with Gasteiger partial charge in [0.2, 0.25) is 17.3 Å². The molecule has 0 aliphatic rings. The highest BCUT2D eigenvalue weighted by atomic mass is 32.2. The number of nitrogens with two attached hydrogens (primary N) is 3. The Morgan fingerprint density at radius 3 is 2.82 bits per heavy atom. The van der Waals surface area contributed by atoms with Crippen LogP contribution in [0.1, 0.15) is 5.82 Å². The zero-order valence-electron chi connectivity index (χ0n) is 11.7. The molecule has 0 bridgehead atoms. The first-order valence-corrected chi connectivity index (χ1v) is 8.07. The number of rotatable bonds is 8. The van der Waals surface area contributed by atoms with E-state index in [1.54, 1.807) is 22.9 Å². The van der Waals surface area contributed by atoms with Gasteiger partial charge in [0, 0.05) is 30.4 Å². The maximum atomic E-state index is 8.97. The Kier molecular flexibility index (Phi) is 7.97. The fourth-order valence-corrected chi connectivity index (χ4v) is 2.85. The number of guanidine groups is 2. The predicted octanol–water partition coefficient (Wildman–Crippen LogP) is -1.23. The van der Waals surface area contributed by atoms with Crippen LogP contribution in [0.25, 0.3) is 0 Å². The van der Waals surface area contributed by atoms with Crippen molar-refractivity contribution in [2.45, 2.75) is 5.75 Å². The lowest BCUT2D eigenvalue weighted by molar-refractivity contribution is 0.253. The normalized spacial score (nSPS) is 11.0. The van der Waals surface area contributed by atoms with Crippen molar-refractivity contribution in [2.75, 3.05) is 25.4 Å². The maximum Gasteiger partial charge on any atom is 0.232 e. The lowest BCUT2D eigenvalue weighted by atomic mass is 10.5. The molecule has 0 saturated carbocycles. The van der Waals surface area contributed by atoms with Crippen molar-refractivity contribution in [3.8, 4) is 6.19 Å². The summed E-state index contributed by atoms with van der Waals surface area (Å²) in [7, 11) is 0. The Morgan fingerprint density at radius 1 is 1.41 bits per heavy atom. The standard InChI is InChI=1S/C10H17N9OS2/c11-6-15-9(14)19(1-3-20)2-4-21-5-7-16-10(22-18-7)17-8(12)13/h20H,1-5H2,(H2,14,15)(H4,12,13,16,17,18). The fraction of sp³-hybridized carbons (Fsp3) is 0.500. The molecule has 0 aliphatic heterocycles. The van der Waals surface area contributed by atoms with Crippen molar-refractivity contribution in [3.63, 3.8) is 0 Å². The quantitative estimate of drug-likeness (QED) is 0.195. The smallest absolute Gasteiger partial charge is 0.232 e. The third kappa shape index (κ3) is 6.57.